The van der Waals surface area contributed by atoms with E-state index in [1.54, 1.807) is 61.5 Å². The Bertz CT molecular complexity index is 1230. The number of hydrogen-bond donors (Lipinski definition) is 4. The lowest BCUT2D eigenvalue weighted by Crippen LogP contribution is -2.28. The van der Waals surface area contributed by atoms with Crippen LogP contribution in [0.2, 0.25) is 0 Å². The second kappa shape index (κ2) is 10.5. The molecular weight excluding hydrogens is 453 g/mol. The number of carbonyl (C=O) groups is 1. The zero-order valence-electron chi connectivity index (χ0n) is 17.2. The van der Waals surface area contributed by atoms with Crippen LogP contribution in [0.1, 0.15) is 17.3 Å². The van der Waals surface area contributed by atoms with Crippen LogP contribution in [-0.4, -0.2) is 38.6 Å². The molecule has 32 heavy (non-hydrogen) atoms. The zero-order chi connectivity index (χ0) is 23.1. The number of benzene rings is 3. The first kappa shape index (κ1) is 23.6. The molecular formula is C21H23N3O6PS+. The maximum Gasteiger partial charge on any atom is 0.643 e. The van der Waals surface area contributed by atoms with E-state index < -0.39 is 18.3 Å². The third-order valence-corrected chi connectivity index (χ3v) is 6.35. The van der Waals surface area contributed by atoms with Crippen LogP contribution in [-0.2, 0) is 19.2 Å². The van der Waals surface area contributed by atoms with Crippen LogP contribution in [0.5, 0.6) is 0 Å². The van der Waals surface area contributed by atoms with Crippen LogP contribution in [0.25, 0.3) is 10.8 Å². The molecule has 0 bridgehead atoms. The highest BCUT2D eigenvalue weighted by molar-refractivity contribution is 7.86. The van der Waals surface area contributed by atoms with E-state index in [0.717, 1.165) is 0 Å². The van der Waals surface area contributed by atoms with Gasteiger partial charge in [-0.15, -0.1) is 4.52 Å². The molecule has 0 radical (unpaired) electrons. The van der Waals surface area contributed by atoms with E-state index in [1.807, 2.05) is 0 Å². The predicted octanol–water partition coefficient (Wildman–Crippen LogP) is 4.03. The summed E-state index contributed by atoms with van der Waals surface area (Å²) in [6, 6.07) is 16.3. The summed E-state index contributed by atoms with van der Waals surface area (Å²) >= 11 is 0. The van der Waals surface area contributed by atoms with Crippen LogP contribution in [0.3, 0.4) is 0 Å². The van der Waals surface area contributed by atoms with Gasteiger partial charge in [0.25, 0.3) is 16.0 Å². The minimum atomic E-state index is -4.34. The molecule has 0 saturated carbocycles. The Balaban J connectivity index is 1.57. The summed E-state index contributed by atoms with van der Waals surface area (Å²) in [7, 11) is -6.33. The lowest BCUT2D eigenvalue weighted by molar-refractivity contribution is 0.0955. The first-order chi connectivity index (χ1) is 15.3. The van der Waals surface area contributed by atoms with Crippen molar-refractivity contribution < 1.29 is 26.9 Å². The quantitative estimate of drug-likeness (QED) is 0.196. The molecule has 1 atom stereocenters. The first-order valence-electron chi connectivity index (χ1n) is 9.78. The molecule has 0 aliphatic heterocycles. The highest BCUT2D eigenvalue weighted by Crippen LogP contribution is 2.28. The number of amides is 1. The van der Waals surface area contributed by atoms with Gasteiger partial charge < -0.3 is 10.6 Å². The third kappa shape index (κ3) is 6.02. The number of anilines is 2. The topological polar surface area (TPSA) is 134 Å². The highest BCUT2D eigenvalue weighted by atomic mass is 32.2. The van der Waals surface area contributed by atoms with Gasteiger partial charge in [0.05, 0.1) is 5.69 Å². The second-order valence-electron chi connectivity index (χ2n) is 6.68. The fourth-order valence-electron chi connectivity index (χ4n) is 3.09. The van der Waals surface area contributed by atoms with Crippen molar-refractivity contribution in [1.29, 1.82) is 0 Å². The van der Waals surface area contributed by atoms with Crippen LogP contribution in [0.4, 0.5) is 11.4 Å². The van der Waals surface area contributed by atoms with Crippen LogP contribution < -0.4 is 15.7 Å². The van der Waals surface area contributed by atoms with Gasteiger partial charge in [-0.05, 0) is 47.9 Å². The fraction of sp³-hybridized carbons (Fsp3) is 0.190. The number of carbonyl (C=O) groups excluding carboxylic acids is 1. The van der Waals surface area contributed by atoms with E-state index in [2.05, 4.69) is 15.7 Å². The molecule has 0 fully saturated rings. The maximum absolute atomic E-state index is 12.3. The normalized spacial score (nSPS) is 11.8. The molecule has 0 aliphatic carbocycles. The molecule has 1 unspecified atom stereocenters. The molecule has 0 aliphatic rings. The Labute approximate surface area is 186 Å². The van der Waals surface area contributed by atoms with Crippen LogP contribution in [0.15, 0.2) is 65.6 Å². The molecule has 0 heterocycles. The molecule has 0 saturated heterocycles. The largest absolute Gasteiger partial charge is 0.643 e. The van der Waals surface area contributed by atoms with Gasteiger partial charge in [0.15, 0.2) is 0 Å². The van der Waals surface area contributed by atoms with E-state index in [4.69, 9.17) is 4.52 Å². The summed E-state index contributed by atoms with van der Waals surface area (Å²) in [5, 5.41) is 9.71. The van der Waals surface area contributed by atoms with Crippen molar-refractivity contribution in [1.82, 2.24) is 5.32 Å². The van der Waals surface area contributed by atoms with E-state index in [0.29, 0.717) is 47.4 Å². The minimum Gasteiger partial charge on any atom is -0.383 e. The van der Waals surface area contributed by atoms with E-state index in [1.165, 1.54) is 6.07 Å². The molecule has 11 heteroatoms. The summed E-state index contributed by atoms with van der Waals surface area (Å²) in [5.74, 6) is -0.265. The predicted molar refractivity (Wildman–Crippen MR) is 124 cm³/mol. The van der Waals surface area contributed by atoms with Crippen molar-refractivity contribution in [3.8, 4) is 0 Å². The summed E-state index contributed by atoms with van der Waals surface area (Å²) in [6.07, 6.45) is 0. The molecule has 0 aromatic heterocycles. The summed E-state index contributed by atoms with van der Waals surface area (Å²) in [6.45, 7) is 2.80. The monoisotopic (exact) mass is 476 g/mol. The Hall–Kier alpha value is -3.04. The number of hydrogen-bond acceptors (Lipinski definition) is 6. The van der Waals surface area contributed by atoms with Gasteiger partial charge in [-0.2, -0.15) is 13.5 Å². The SMILES string of the molecule is CCO[P+](=O)Nc1ccc(C(=O)NCCNc2cccc3c(S(=O)(=O)O)cccc23)cc1. The summed E-state index contributed by atoms with van der Waals surface area (Å²) in [4.78, 5) is 12.2. The Kier molecular flexibility index (Phi) is 7.76. The highest BCUT2D eigenvalue weighted by Gasteiger charge is 2.17. The lowest BCUT2D eigenvalue weighted by atomic mass is 10.1. The van der Waals surface area contributed by atoms with Gasteiger partial charge in [0.2, 0.25) is 0 Å². The Morgan fingerprint density at radius 2 is 1.69 bits per heavy atom. The van der Waals surface area contributed by atoms with Crippen LogP contribution in [0, 0.1) is 0 Å². The van der Waals surface area contributed by atoms with Gasteiger partial charge in [0.1, 0.15) is 11.5 Å². The smallest absolute Gasteiger partial charge is 0.383 e. The molecule has 0 spiro atoms. The third-order valence-electron chi connectivity index (χ3n) is 4.50. The molecule has 3 aromatic carbocycles. The van der Waals surface area contributed by atoms with Gasteiger partial charge in [-0.3, -0.25) is 9.35 Å². The van der Waals surface area contributed by atoms with Gasteiger partial charge in [0, 0.05) is 35.1 Å². The second-order valence-corrected chi connectivity index (χ2v) is 9.06. The first-order valence-corrected chi connectivity index (χ1v) is 12.4. The van der Waals surface area contributed by atoms with Crippen molar-refractivity contribution in [3.05, 3.63) is 66.2 Å². The number of fused-ring (bicyclic) bond motifs is 1. The van der Waals surface area contributed by atoms with Gasteiger partial charge in [-0.25, -0.2) is 0 Å². The zero-order valence-corrected chi connectivity index (χ0v) is 18.9. The summed E-state index contributed by atoms with van der Waals surface area (Å²) in [5.41, 5.74) is 1.71. The van der Waals surface area contributed by atoms with Gasteiger partial charge in [-0.1, -0.05) is 24.3 Å². The number of rotatable bonds is 10. The summed E-state index contributed by atoms with van der Waals surface area (Å²) < 4.78 is 49.1. The maximum atomic E-state index is 12.3. The minimum absolute atomic E-state index is 0.157. The van der Waals surface area contributed by atoms with Crippen molar-refractivity contribution in [2.75, 3.05) is 30.1 Å². The van der Waals surface area contributed by atoms with E-state index >= 15 is 0 Å². The average Bonchev–Trinajstić information content (AvgIpc) is 2.76. The van der Waals surface area contributed by atoms with Crippen molar-refractivity contribution in [2.24, 2.45) is 0 Å². The molecule has 4 N–H and O–H groups in total. The fourth-order valence-corrected chi connectivity index (χ4v) is 4.45. The van der Waals surface area contributed by atoms with Crippen molar-refractivity contribution >= 4 is 46.4 Å². The van der Waals surface area contributed by atoms with Gasteiger partial charge >= 0.3 is 8.18 Å². The Morgan fingerprint density at radius 1 is 1.00 bits per heavy atom. The van der Waals surface area contributed by atoms with Crippen molar-refractivity contribution in [3.63, 3.8) is 0 Å². The molecule has 9 nitrogen and oxygen atoms in total. The van der Waals surface area contributed by atoms with Crippen molar-refractivity contribution in [2.45, 2.75) is 11.8 Å². The molecule has 1 amide bonds. The van der Waals surface area contributed by atoms with E-state index in [-0.39, 0.29) is 10.8 Å². The molecule has 168 valence electrons. The average molecular weight is 476 g/mol. The lowest BCUT2D eigenvalue weighted by Gasteiger charge is -2.12. The van der Waals surface area contributed by atoms with E-state index in [9.17, 15) is 22.3 Å². The molecule has 3 aromatic rings. The van der Waals surface area contributed by atoms with Crippen LogP contribution >= 0.6 is 8.18 Å². The molecule has 3 rings (SSSR count). The Morgan fingerprint density at radius 3 is 2.38 bits per heavy atom. The standard InChI is InChI=1S/C21H22N3O6PS/c1-2-30-31(26)24-16-11-9-15(10-12-16)21(25)23-14-13-22-19-7-3-6-18-17(19)5-4-8-20(18)32(27,28)29/h3-12,22H,2,13-14H2,1H3,(H2-,23,24,25,26,27,28,29)/p+1. The number of nitrogens with one attached hydrogen (secondary N) is 3.